The number of hydrogen-bond acceptors (Lipinski definition) is 7. The zero-order valence-corrected chi connectivity index (χ0v) is 11.8. The summed E-state index contributed by atoms with van der Waals surface area (Å²) in [5, 5.41) is -0.528. The van der Waals surface area contributed by atoms with Gasteiger partial charge >= 0.3 is 11.3 Å². The molecule has 108 valence electrons. The van der Waals surface area contributed by atoms with Crippen LogP contribution >= 0.6 is 11.8 Å². The molecule has 0 bridgehead atoms. The van der Waals surface area contributed by atoms with Crippen molar-refractivity contribution in [3.05, 3.63) is 24.3 Å². The summed E-state index contributed by atoms with van der Waals surface area (Å²) in [6.45, 7) is 1.77. The second-order valence-corrected chi connectivity index (χ2v) is 4.41. The van der Waals surface area contributed by atoms with Crippen LogP contribution in [-0.2, 0) is 19.1 Å². The van der Waals surface area contributed by atoms with Gasteiger partial charge in [0.05, 0.1) is 18.6 Å². The highest BCUT2D eigenvalue weighted by Gasteiger charge is 2.22. The van der Waals surface area contributed by atoms with Crippen molar-refractivity contribution in [1.29, 1.82) is 0 Å². The van der Waals surface area contributed by atoms with Crippen molar-refractivity contribution in [2.75, 3.05) is 13.7 Å². The Balaban J connectivity index is 2.87. The first kappa shape index (κ1) is 16.0. The Labute approximate surface area is 120 Å². The molecular formula is C13H14O6S. The van der Waals surface area contributed by atoms with E-state index in [1.165, 1.54) is 7.11 Å². The standard InChI is InChI=1S/C13H14O6S/c1-3-18-12(15)10(8-14)19-9-6-4-5-7-11(9)20-13(16)17-2/h4-8,10H,3H2,1-2H3. The van der Waals surface area contributed by atoms with Crippen LogP contribution in [0.1, 0.15) is 6.92 Å². The molecule has 0 amide bonds. The quantitative estimate of drug-likeness (QED) is 0.344. The molecule has 0 fully saturated rings. The molecule has 0 saturated carbocycles. The fourth-order valence-corrected chi connectivity index (χ4v) is 1.88. The van der Waals surface area contributed by atoms with Crippen LogP contribution in [-0.4, -0.2) is 37.4 Å². The molecule has 1 unspecified atom stereocenters. The van der Waals surface area contributed by atoms with Gasteiger partial charge in [0, 0.05) is 0 Å². The lowest BCUT2D eigenvalue weighted by Gasteiger charge is -2.14. The van der Waals surface area contributed by atoms with Gasteiger partial charge in [-0.05, 0) is 30.8 Å². The van der Waals surface area contributed by atoms with Crippen molar-refractivity contribution in [2.24, 2.45) is 0 Å². The maximum absolute atomic E-state index is 11.5. The summed E-state index contributed by atoms with van der Waals surface area (Å²) in [5.41, 5.74) is 0. The zero-order chi connectivity index (χ0) is 15.0. The van der Waals surface area contributed by atoms with Crippen LogP contribution in [0.25, 0.3) is 0 Å². The van der Waals surface area contributed by atoms with E-state index in [0.717, 1.165) is 11.8 Å². The highest BCUT2D eigenvalue weighted by Crippen LogP contribution is 2.30. The molecule has 1 aromatic rings. The molecule has 20 heavy (non-hydrogen) atoms. The maximum Gasteiger partial charge on any atom is 0.372 e. The van der Waals surface area contributed by atoms with Crippen molar-refractivity contribution in [3.8, 4) is 5.75 Å². The Morgan fingerprint density at radius 2 is 2.05 bits per heavy atom. The molecule has 1 rings (SSSR count). The second-order valence-electron chi connectivity index (χ2n) is 3.43. The number of carbonyl (C=O) groups excluding carboxylic acids is 3. The van der Waals surface area contributed by atoms with Gasteiger partial charge in [-0.15, -0.1) is 0 Å². The molecule has 0 radical (unpaired) electrons. The van der Waals surface area contributed by atoms with E-state index in [-0.39, 0.29) is 12.4 Å². The molecule has 0 aliphatic carbocycles. The minimum atomic E-state index is -1.37. The van der Waals surface area contributed by atoms with Crippen molar-refractivity contribution >= 4 is 29.3 Å². The van der Waals surface area contributed by atoms with Crippen molar-refractivity contribution in [3.63, 3.8) is 0 Å². The van der Waals surface area contributed by atoms with E-state index >= 15 is 0 Å². The Kier molecular flexibility index (Phi) is 6.58. The van der Waals surface area contributed by atoms with Gasteiger partial charge in [0.1, 0.15) is 5.75 Å². The van der Waals surface area contributed by atoms with E-state index in [1.807, 2.05) is 0 Å². The highest BCUT2D eigenvalue weighted by atomic mass is 32.2. The van der Waals surface area contributed by atoms with E-state index in [0.29, 0.717) is 11.2 Å². The topological polar surface area (TPSA) is 78.9 Å². The van der Waals surface area contributed by atoms with E-state index in [9.17, 15) is 14.4 Å². The summed E-state index contributed by atoms with van der Waals surface area (Å²) in [7, 11) is 1.26. The minimum absolute atomic E-state index is 0.144. The van der Waals surface area contributed by atoms with Crippen molar-refractivity contribution in [2.45, 2.75) is 17.9 Å². The predicted octanol–water partition coefficient (Wildman–Crippen LogP) is 2.05. The third-order valence-electron chi connectivity index (χ3n) is 2.11. The van der Waals surface area contributed by atoms with E-state index < -0.39 is 17.4 Å². The van der Waals surface area contributed by atoms with Gasteiger partial charge in [0.2, 0.25) is 6.10 Å². The van der Waals surface area contributed by atoms with E-state index in [4.69, 9.17) is 9.47 Å². The van der Waals surface area contributed by atoms with Gasteiger partial charge in [-0.2, -0.15) is 0 Å². The number of ether oxygens (including phenoxy) is 3. The molecular weight excluding hydrogens is 284 g/mol. The fourth-order valence-electron chi connectivity index (χ4n) is 1.26. The van der Waals surface area contributed by atoms with Gasteiger partial charge in [-0.3, -0.25) is 4.79 Å². The first-order valence-electron chi connectivity index (χ1n) is 5.75. The number of methoxy groups -OCH3 is 1. The second kappa shape index (κ2) is 8.21. The Morgan fingerprint density at radius 1 is 1.35 bits per heavy atom. The van der Waals surface area contributed by atoms with Crippen LogP contribution in [0.5, 0.6) is 5.75 Å². The lowest BCUT2D eigenvalue weighted by Crippen LogP contribution is -2.31. The predicted molar refractivity (Wildman–Crippen MR) is 71.8 cm³/mol. The molecule has 0 heterocycles. The first-order valence-corrected chi connectivity index (χ1v) is 6.57. The number of carbonyl (C=O) groups is 3. The van der Waals surface area contributed by atoms with Crippen LogP contribution in [0.4, 0.5) is 4.79 Å². The van der Waals surface area contributed by atoms with Gasteiger partial charge < -0.3 is 14.2 Å². The van der Waals surface area contributed by atoms with Crippen LogP contribution in [0.3, 0.4) is 0 Å². The summed E-state index contributed by atoms with van der Waals surface area (Å²) in [5.74, 6) is -0.548. The lowest BCUT2D eigenvalue weighted by atomic mass is 10.3. The summed E-state index contributed by atoms with van der Waals surface area (Å²) in [6, 6.07) is 6.51. The molecule has 0 N–H and O–H groups in total. The van der Waals surface area contributed by atoms with E-state index in [2.05, 4.69) is 4.74 Å². The molecule has 0 aromatic heterocycles. The fraction of sp³-hybridized carbons (Fsp3) is 0.308. The number of hydrogen-bond donors (Lipinski definition) is 0. The summed E-state index contributed by atoms with van der Waals surface area (Å²) in [6.07, 6.45) is -1.02. The van der Waals surface area contributed by atoms with Gasteiger partial charge in [0.25, 0.3) is 0 Å². The zero-order valence-electron chi connectivity index (χ0n) is 11.0. The number of para-hydroxylation sites is 1. The average molecular weight is 298 g/mol. The smallest absolute Gasteiger partial charge is 0.372 e. The number of thioether (sulfide) groups is 1. The third kappa shape index (κ3) is 4.58. The molecule has 0 aliphatic rings. The molecule has 1 aromatic carbocycles. The van der Waals surface area contributed by atoms with Crippen LogP contribution in [0, 0.1) is 0 Å². The molecule has 0 spiro atoms. The molecule has 0 aliphatic heterocycles. The molecule has 0 saturated heterocycles. The number of benzene rings is 1. The van der Waals surface area contributed by atoms with Crippen LogP contribution in [0.15, 0.2) is 29.2 Å². The Hall–Kier alpha value is -2.02. The lowest BCUT2D eigenvalue weighted by molar-refractivity contribution is -0.152. The third-order valence-corrected chi connectivity index (χ3v) is 3.00. The van der Waals surface area contributed by atoms with Crippen LogP contribution in [0.2, 0.25) is 0 Å². The number of rotatable bonds is 6. The SMILES string of the molecule is CCOC(=O)C(C=O)Oc1ccccc1SC(=O)OC. The first-order chi connectivity index (χ1) is 9.62. The van der Waals surface area contributed by atoms with E-state index in [1.54, 1.807) is 31.2 Å². The van der Waals surface area contributed by atoms with Crippen molar-refractivity contribution in [1.82, 2.24) is 0 Å². The molecule has 7 heteroatoms. The van der Waals surface area contributed by atoms with Gasteiger partial charge in [-0.1, -0.05) is 12.1 Å². The average Bonchev–Trinajstić information content (AvgIpc) is 2.46. The number of esters is 1. The maximum atomic E-state index is 11.5. The summed E-state index contributed by atoms with van der Waals surface area (Å²) in [4.78, 5) is 34.1. The van der Waals surface area contributed by atoms with Gasteiger partial charge in [0.15, 0.2) is 6.29 Å². The minimum Gasteiger partial charge on any atom is -0.470 e. The van der Waals surface area contributed by atoms with Crippen molar-refractivity contribution < 1.29 is 28.6 Å². The molecule has 6 nitrogen and oxygen atoms in total. The largest absolute Gasteiger partial charge is 0.470 e. The Morgan fingerprint density at radius 3 is 2.65 bits per heavy atom. The van der Waals surface area contributed by atoms with Crippen LogP contribution < -0.4 is 4.74 Å². The van der Waals surface area contributed by atoms with Gasteiger partial charge in [-0.25, -0.2) is 9.59 Å². The monoisotopic (exact) mass is 298 g/mol. The summed E-state index contributed by atoms with van der Waals surface area (Å²) < 4.78 is 14.5. The summed E-state index contributed by atoms with van der Waals surface area (Å²) >= 11 is 0.794. The highest BCUT2D eigenvalue weighted by molar-refractivity contribution is 8.13. The molecule has 1 atom stereocenters. The Bertz CT molecular complexity index is 488. The number of aldehydes is 1. The normalized spacial score (nSPS) is 11.3.